The topological polar surface area (TPSA) is 67.2 Å². The second kappa shape index (κ2) is 6.86. The molecule has 0 spiro atoms. The molecular weight excluding hydrogens is 321 g/mol. The maximum absolute atomic E-state index is 13.4. The number of aliphatic hydroxyl groups is 1. The first-order valence-corrected chi connectivity index (χ1v) is 7.86. The summed E-state index contributed by atoms with van der Waals surface area (Å²) in [5, 5.41) is 16.8. The summed E-state index contributed by atoms with van der Waals surface area (Å²) >= 11 is 0. The number of halogens is 1. The zero-order chi connectivity index (χ0) is 18.0. The van der Waals surface area contributed by atoms with Crippen LogP contribution in [0.15, 0.2) is 54.6 Å². The number of nitrogens with one attached hydrogen (secondary N) is 1. The van der Waals surface area contributed by atoms with E-state index in [1.807, 2.05) is 0 Å². The average molecular weight is 339 g/mol. The molecule has 0 radical (unpaired) electrons. The van der Waals surface area contributed by atoms with Gasteiger partial charge >= 0.3 is 0 Å². The molecule has 3 rings (SSSR count). The van der Waals surface area contributed by atoms with Gasteiger partial charge in [0.2, 0.25) is 0 Å². The first-order chi connectivity index (χ1) is 12.0. The number of aliphatic hydroxyl groups excluding tert-OH is 1. The van der Waals surface area contributed by atoms with Crippen molar-refractivity contribution in [1.82, 2.24) is 9.78 Å². The molecule has 0 aliphatic rings. The Morgan fingerprint density at radius 1 is 1.20 bits per heavy atom. The van der Waals surface area contributed by atoms with Crippen LogP contribution in [0.4, 0.5) is 10.1 Å². The van der Waals surface area contributed by atoms with E-state index in [0.29, 0.717) is 22.6 Å². The van der Waals surface area contributed by atoms with Gasteiger partial charge in [-0.25, -0.2) is 9.07 Å². The van der Waals surface area contributed by atoms with Gasteiger partial charge in [0.25, 0.3) is 5.91 Å². The largest absolute Gasteiger partial charge is 0.389 e. The van der Waals surface area contributed by atoms with Crippen LogP contribution >= 0.6 is 0 Å². The Morgan fingerprint density at radius 3 is 2.68 bits per heavy atom. The van der Waals surface area contributed by atoms with Crippen LogP contribution < -0.4 is 5.32 Å². The number of nitrogens with zero attached hydrogens (tertiary/aromatic N) is 2. The molecule has 1 unspecified atom stereocenters. The van der Waals surface area contributed by atoms with E-state index >= 15 is 0 Å². The predicted molar refractivity (Wildman–Crippen MR) is 93.3 cm³/mol. The van der Waals surface area contributed by atoms with Gasteiger partial charge in [0, 0.05) is 16.9 Å². The normalized spacial score (nSPS) is 12.0. The van der Waals surface area contributed by atoms with E-state index in [1.165, 1.54) is 16.8 Å². The summed E-state index contributed by atoms with van der Waals surface area (Å²) in [5.74, 6) is -0.768. The SMILES string of the molecule is Cc1cc(C(=O)Nc2ccccc2C(C)O)nn1-c1cccc(F)c1. The van der Waals surface area contributed by atoms with Crippen molar-refractivity contribution in [3.8, 4) is 5.69 Å². The van der Waals surface area contributed by atoms with E-state index in [1.54, 1.807) is 56.3 Å². The maximum atomic E-state index is 13.4. The molecule has 0 saturated carbocycles. The fourth-order valence-corrected chi connectivity index (χ4v) is 2.62. The highest BCUT2D eigenvalue weighted by atomic mass is 19.1. The van der Waals surface area contributed by atoms with Crippen molar-refractivity contribution in [2.45, 2.75) is 20.0 Å². The van der Waals surface area contributed by atoms with Crippen LogP contribution in [0.2, 0.25) is 0 Å². The van der Waals surface area contributed by atoms with E-state index in [4.69, 9.17) is 0 Å². The van der Waals surface area contributed by atoms with Gasteiger partial charge in [0.15, 0.2) is 5.69 Å². The molecule has 0 aliphatic carbocycles. The molecule has 0 saturated heterocycles. The van der Waals surface area contributed by atoms with Crippen molar-refractivity contribution in [2.75, 3.05) is 5.32 Å². The highest BCUT2D eigenvalue weighted by Gasteiger charge is 2.16. The van der Waals surface area contributed by atoms with Gasteiger partial charge in [-0.3, -0.25) is 4.79 Å². The van der Waals surface area contributed by atoms with E-state index in [9.17, 15) is 14.3 Å². The Hall–Kier alpha value is -2.99. The molecule has 0 fully saturated rings. The molecule has 1 aromatic heterocycles. The number of hydrogen-bond acceptors (Lipinski definition) is 3. The monoisotopic (exact) mass is 339 g/mol. The lowest BCUT2D eigenvalue weighted by Gasteiger charge is -2.12. The zero-order valence-corrected chi connectivity index (χ0v) is 13.9. The molecule has 6 heteroatoms. The van der Waals surface area contributed by atoms with Crippen molar-refractivity contribution >= 4 is 11.6 Å². The number of carbonyl (C=O) groups is 1. The molecule has 1 atom stereocenters. The highest BCUT2D eigenvalue weighted by molar-refractivity contribution is 6.03. The smallest absolute Gasteiger partial charge is 0.276 e. The van der Waals surface area contributed by atoms with Gasteiger partial charge in [0.05, 0.1) is 11.8 Å². The number of rotatable bonds is 4. The van der Waals surface area contributed by atoms with E-state index < -0.39 is 12.0 Å². The second-order valence-corrected chi connectivity index (χ2v) is 5.78. The fourth-order valence-electron chi connectivity index (χ4n) is 2.62. The summed E-state index contributed by atoms with van der Waals surface area (Å²) < 4.78 is 14.9. The van der Waals surface area contributed by atoms with Crippen molar-refractivity contribution in [3.63, 3.8) is 0 Å². The summed E-state index contributed by atoms with van der Waals surface area (Å²) in [6, 6.07) is 14.7. The standard InChI is InChI=1S/C19H18FN3O2/c1-12-10-18(22-23(12)15-7-5-6-14(20)11-15)19(25)21-17-9-4-3-8-16(17)13(2)24/h3-11,13,24H,1-2H3,(H,21,25). The Kier molecular flexibility index (Phi) is 4.63. The van der Waals surface area contributed by atoms with Gasteiger partial charge in [-0.05, 0) is 44.2 Å². The molecule has 1 heterocycles. The Bertz CT molecular complexity index is 919. The van der Waals surface area contributed by atoms with Crippen molar-refractivity contribution in [1.29, 1.82) is 0 Å². The number of benzene rings is 2. The van der Waals surface area contributed by atoms with Crippen molar-refractivity contribution < 1.29 is 14.3 Å². The highest BCUT2D eigenvalue weighted by Crippen LogP contribution is 2.23. The minimum atomic E-state index is -0.705. The third-order valence-electron chi connectivity index (χ3n) is 3.83. The number of aryl methyl sites for hydroxylation is 1. The van der Waals surface area contributed by atoms with E-state index in [0.717, 1.165) is 0 Å². The fraction of sp³-hybridized carbons (Fsp3) is 0.158. The van der Waals surface area contributed by atoms with Gasteiger partial charge in [0.1, 0.15) is 5.82 Å². The molecule has 2 N–H and O–H groups in total. The number of anilines is 1. The van der Waals surface area contributed by atoms with Crippen molar-refractivity contribution in [2.24, 2.45) is 0 Å². The summed E-state index contributed by atoms with van der Waals surface area (Å²) in [6.45, 7) is 3.42. The van der Waals surface area contributed by atoms with Crippen LogP contribution in [-0.2, 0) is 0 Å². The predicted octanol–water partition coefficient (Wildman–Crippen LogP) is 3.63. The van der Waals surface area contributed by atoms with E-state index in [2.05, 4.69) is 10.4 Å². The summed E-state index contributed by atoms with van der Waals surface area (Å²) in [7, 11) is 0. The zero-order valence-electron chi connectivity index (χ0n) is 13.9. The quantitative estimate of drug-likeness (QED) is 0.763. The third kappa shape index (κ3) is 3.59. The van der Waals surface area contributed by atoms with Gasteiger partial charge in [-0.15, -0.1) is 0 Å². The lowest BCUT2D eigenvalue weighted by Crippen LogP contribution is -2.15. The van der Waals surface area contributed by atoms with Crippen LogP contribution in [-0.4, -0.2) is 20.8 Å². The van der Waals surface area contributed by atoms with Crippen LogP contribution in [0, 0.1) is 12.7 Å². The average Bonchev–Trinajstić information content (AvgIpc) is 2.97. The van der Waals surface area contributed by atoms with Crippen LogP contribution in [0.3, 0.4) is 0 Å². The van der Waals surface area contributed by atoms with Crippen molar-refractivity contribution in [3.05, 3.63) is 77.4 Å². The molecule has 128 valence electrons. The first-order valence-electron chi connectivity index (χ1n) is 7.86. The van der Waals surface area contributed by atoms with Crippen LogP contribution in [0.5, 0.6) is 0 Å². The number of carbonyl (C=O) groups excluding carboxylic acids is 1. The number of amides is 1. The minimum Gasteiger partial charge on any atom is -0.389 e. The minimum absolute atomic E-state index is 0.210. The Morgan fingerprint density at radius 2 is 1.96 bits per heavy atom. The molecule has 0 bridgehead atoms. The number of para-hydroxylation sites is 1. The molecule has 1 amide bonds. The summed E-state index contributed by atoms with van der Waals surface area (Å²) in [4.78, 5) is 12.5. The second-order valence-electron chi connectivity index (χ2n) is 5.78. The third-order valence-corrected chi connectivity index (χ3v) is 3.83. The lowest BCUT2D eigenvalue weighted by atomic mass is 10.1. The Labute approximate surface area is 144 Å². The molecule has 2 aromatic carbocycles. The summed E-state index contributed by atoms with van der Waals surface area (Å²) in [6.07, 6.45) is -0.705. The summed E-state index contributed by atoms with van der Waals surface area (Å²) in [5.41, 5.74) is 2.61. The van der Waals surface area contributed by atoms with Gasteiger partial charge in [-0.2, -0.15) is 5.10 Å². The van der Waals surface area contributed by atoms with Gasteiger partial charge in [-0.1, -0.05) is 24.3 Å². The first kappa shape index (κ1) is 16.9. The molecule has 5 nitrogen and oxygen atoms in total. The Balaban J connectivity index is 1.88. The van der Waals surface area contributed by atoms with Crippen LogP contribution in [0.1, 0.15) is 34.8 Å². The van der Waals surface area contributed by atoms with Gasteiger partial charge < -0.3 is 10.4 Å². The lowest BCUT2D eigenvalue weighted by molar-refractivity contribution is 0.102. The van der Waals surface area contributed by atoms with Crippen LogP contribution in [0.25, 0.3) is 5.69 Å². The number of hydrogen-bond donors (Lipinski definition) is 2. The maximum Gasteiger partial charge on any atom is 0.276 e. The number of aromatic nitrogens is 2. The molecular formula is C19H18FN3O2. The molecule has 0 aliphatic heterocycles. The molecule has 25 heavy (non-hydrogen) atoms. The van der Waals surface area contributed by atoms with E-state index in [-0.39, 0.29) is 11.5 Å². The molecule has 3 aromatic rings.